The molecule has 1 aliphatic heterocycles. The molecule has 2 fully saturated rings. The van der Waals surface area contributed by atoms with Gasteiger partial charge in [0.15, 0.2) is 0 Å². The third-order valence-corrected chi connectivity index (χ3v) is 4.37. The zero-order chi connectivity index (χ0) is 10.4. The lowest BCUT2D eigenvalue weighted by molar-refractivity contribution is 0.129. The molecule has 0 aromatic rings. The monoisotopic (exact) mass is 208 g/mol. The van der Waals surface area contributed by atoms with Crippen LogP contribution in [0.3, 0.4) is 0 Å². The van der Waals surface area contributed by atoms with E-state index in [-0.39, 0.29) is 0 Å². The lowest BCUT2D eigenvalue weighted by Gasteiger charge is -2.33. The molecule has 0 amide bonds. The Morgan fingerprint density at radius 3 is 3.13 bits per heavy atom. The van der Waals surface area contributed by atoms with Crippen molar-refractivity contribution in [3.8, 4) is 0 Å². The number of allylic oxidation sites excluding steroid dienone is 1. The summed E-state index contributed by atoms with van der Waals surface area (Å²) in [7, 11) is 1.80. The van der Waals surface area contributed by atoms with Crippen LogP contribution in [-0.4, -0.2) is 19.3 Å². The van der Waals surface area contributed by atoms with Gasteiger partial charge in [0.2, 0.25) is 0 Å². The molecule has 0 bridgehead atoms. The number of ether oxygens (including phenoxy) is 2. The second-order valence-corrected chi connectivity index (χ2v) is 5.21. The SMILES string of the molecule is CCCC1CC(OC)=CC2C1CC1OC12. The smallest absolute Gasteiger partial charge is 0.0922 e. The van der Waals surface area contributed by atoms with Gasteiger partial charge in [0.25, 0.3) is 0 Å². The fourth-order valence-electron chi connectivity index (χ4n) is 3.61. The highest BCUT2D eigenvalue weighted by Crippen LogP contribution is 2.54. The number of rotatable bonds is 3. The molecule has 1 heterocycles. The minimum atomic E-state index is 0.541. The molecular formula is C13H20O2. The highest BCUT2D eigenvalue weighted by molar-refractivity contribution is 5.17. The van der Waals surface area contributed by atoms with Crippen LogP contribution in [0.15, 0.2) is 11.8 Å². The van der Waals surface area contributed by atoms with Crippen LogP contribution in [0.25, 0.3) is 0 Å². The quantitative estimate of drug-likeness (QED) is 0.665. The fraction of sp³-hybridized carbons (Fsp3) is 0.846. The minimum Gasteiger partial charge on any atom is -0.501 e. The zero-order valence-corrected chi connectivity index (χ0v) is 9.61. The number of methoxy groups -OCH3 is 1. The summed E-state index contributed by atoms with van der Waals surface area (Å²) >= 11 is 0. The van der Waals surface area contributed by atoms with Crippen molar-refractivity contribution in [3.05, 3.63) is 11.8 Å². The average molecular weight is 208 g/mol. The molecule has 2 aliphatic carbocycles. The Hall–Kier alpha value is -0.500. The van der Waals surface area contributed by atoms with Gasteiger partial charge >= 0.3 is 0 Å². The van der Waals surface area contributed by atoms with E-state index in [9.17, 15) is 0 Å². The maximum Gasteiger partial charge on any atom is 0.0922 e. The van der Waals surface area contributed by atoms with Crippen LogP contribution in [0, 0.1) is 17.8 Å². The van der Waals surface area contributed by atoms with Crippen LogP contribution in [0.1, 0.15) is 32.6 Å². The zero-order valence-electron chi connectivity index (χ0n) is 9.61. The van der Waals surface area contributed by atoms with E-state index < -0.39 is 0 Å². The summed E-state index contributed by atoms with van der Waals surface area (Å²) in [5.74, 6) is 3.59. The Morgan fingerprint density at radius 1 is 1.53 bits per heavy atom. The van der Waals surface area contributed by atoms with Crippen LogP contribution in [0.5, 0.6) is 0 Å². The number of epoxide rings is 1. The number of hydrogen-bond acceptors (Lipinski definition) is 2. The predicted octanol–water partition coefficient (Wildman–Crippen LogP) is 2.74. The Balaban J connectivity index is 1.80. The summed E-state index contributed by atoms with van der Waals surface area (Å²) in [6.45, 7) is 2.28. The van der Waals surface area contributed by atoms with Gasteiger partial charge in [0.1, 0.15) is 0 Å². The molecule has 2 heteroatoms. The van der Waals surface area contributed by atoms with Crippen molar-refractivity contribution in [2.24, 2.45) is 17.8 Å². The summed E-state index contributed by atoms with van der Waals surface area (Å²) in [5.41, 5.74) is 0. The average Bonchev–Trinajstić information content (AvgIpc) is 2.93. The van der Waals surface area contributed by atoms with E-state index in [0.29, 0.717) is 18.1 Å². The normalized spacial score (nSPS) is 46.8. The molecular weight excluding hydrogens is 188 g/mol. The first-order valence-corrected chi connectivity index (χ1v) is 6.23. The standard InChI is InChI=1S/C13H20O2/c1-3-4-8-5-9(14-2)6-11-10(8)7-12-13(11)15-12/h6,8,10-13H,3-5,7H2,1-2H3. The van der Waals surface area contributed by atoms with E-state index in [1.165, 1.54) is 25.0 Å². The number of hydrogen-bond donors (Lipinski definition) is 0. The van der Waals surface area contributed by atoms with Crippen molar-refractivity contribution in [3.63, 3.8) is 0 Å². The highest BCUT2D eigenvalue weighted by Gasteiger charge is 2.57. The first-order valence-electron chi connectivity index (χ1n) is 6.23. The van der Waals surface area contributed by atoms with Gasteiger partial charge in [-0.2, -0.15) is 0 Å². The fourth-order valence-corrected chi connectivity index (χ4v) is 3.61. The van der Waals surface area contributed by atoms with E-state index >= 15 is 0 Å². The van der Waals surface area contributed by atoms with E-state index in [1.807, 2.05) is 0 Å². The summed E-state index contributed by atoms with van der Waals surface area (Å²) in [6.07, 6.45) is 8.57. The van der Waals surface area contributed by atoms with Crippen molar-refractivity contribution in [2.45, 2.75) is 44.8 Å². The van der Waals surface area contributed by atoms with Crippen molar-refractivity contribution < 1.29 is 9.47 Å². The van der Waals surface area contributed by atoms with Gasteiger partial charge in [0.05, 0.1) is 25.1 Å². The summed E-state index contributed by atoms with van der Waals surface area (Å²) in [4.78, 5) is 0. The first kappa shape index (κ1) is 9.71. The predicted molar refractivity (Wildman–Crippen MR) is 58.4 cm³/mol. The highest BCUT2D eigenvalue weighted by atomic mass is 16.6. The van der Waals surface area contributed by atoms with Gasteiger partial charge < -0.3 is 9.47 Å². The van der Waals surface area contributed by atoms with Gasteiger partial charge in [-0.05, 0) is 30.8 Å². The summed E-state index contributed by atoms with van der Waals surface area (Å²) in [6, 6.07) is 0. The van der Waals surface area contributed by atoms with Crippen LogP contribution in [0.4, 0.5) is 0 Å². The lowest BCUT2D eigenvalue weighted by atomic mass is 9.74. The molecule has 0 spiro atoms. The van der Waals surface area contributed by atoms with E-state index in [0.717, 1.165) is 18.3 Å². The maximum absolute atomic E-state index is 5.64. The third kappa shape index (κ3) is 1.50. The molecule has 15 heavy (non-hydrogen) atoms. The van der Waals surface area contributed by atoms with E-state index in [2.05, 4.69) is 13.0 Å². The summed E-state index contributed by atoms with van der Waals surface area (Å²) < 4.78 is 11.1. The molecule has 0 N–H and O–H groups in total. The van der Waals surface area contributed by atoms with Crippen LogP contribution >= 0.6 is 0 Å². The third-order valence-electron chi connectivity index (χ3n) is 4.37. The largest absolute Gasteiger partial charge is 0.501 e. The molecule has 84 valence electrons. The second kappa shape index (κ2) is 3.51. The molecule has 3 rings (SSSR count). The van der Waals surface area contributed by atoms with Crippen LogP contribution in [0.2, 0.25) is 0 Å². The molecule has 5 atom stereocenters. The van der Waals surface area contributed by atoms with E-state index in [4.69, 9.17) is 9.47 Å². The van der Waals surface area contributed by atoms with E-state index in [1.54, 1.807) is 7.11 Å². The van der Waals surface area contributed by atoms with Crippen molar-refractivity contribution in [2.75, 3.05) is 7.11 Å². The van der Waals surface area contributed by atoms with Gasteiger partial charge in [-0.1, -0.05) is 13.3 Å². The maximum atomic E-state index is 5.64. The van der Waals surface area contributed by atoms with Crippen molar-refractivity contribution in [1.82, 2.24) is 0 Å². The second-order valence-electron chi connectivity index (χ2n) is 5.21. The van der Waals surface area contributed by atoms with Crippen molar-refractivity contribution >= 4 is 0 Å². The molecule has 1 saturated carbocycles. The van der Waals surface area contributed by atoms with Crippen molar-refractivity contribution in [1.29, 1.82) is 0 Å². The summed E-state index contributed by atoms with van der Waals surface area (Å²) in [5, 5.41) is 0. The minimum absolute atomic E-state index is 0.541. The molecule has 1 saturated heterocycles. The Labute approximate surface area is 91.6 Å². The van der Waals surface area contributed by atoms with Gasteiger partial charge in [-0.25, -0.2) is 0 Å². The lowest BCUT2D eigenvalue weighted by Crippen LogP contribution is -2.27. The molecule has 2 nitrogen and oxygen atoms in total. The van der Waals surface area contributed by atoms with Gasteiger partial charge in [0, 0.05) is 12.3 Å². The number of fused-ring (bicyclic) bond motifs is 3. The molecule has 5 unspecified atom stereocenters. The van der Waals surface area contributed by atoms with Gasteiger partial charge in [-0.3, -0.25) is 0 Å². The van der Waals surface area contributed by atoms with Gasteiger partial charge in [-0.15, -0.1) is 0 Å². The Morgan fingerprint density at radius 2 is 2.40 bits per heavy atom. The Bertz CT molecular complexity index is 284. The molecule has 3 aliphatic rings. The Kier molecular flexibility index (Phi) is 2.27. The van der Waals surface area contributed by atoms with Crippen LogP contribution < -0.4 is 0 Å². The molecule has 0 aromatic heterocycles. The molecule has 0 radical (unpaired) electrons. The van der Waals surface area contributed by atoms with Crippen LogP contribution in [-0.2, 0) is 9.47 Å². The molecule has 0 aromatic carbocycles. The topological polar surface area (TPSA) is 21.8 Å². The first-order chi connectivity index (χ1) is 7.33.